The molecular formula is C11H18N2. The molecule has 2 heteroatoms. The summed E-state index contributed by atoms with van der Waals surface area (Å²) in [6.07, 6.45) is 4.21. The number of nitrogens with two attached hydrogens (primary N) is 1. The molecule has 0 atom stereocenters. The van der Waals surface area contributed by atoms with Crippen LogP contribution in [0.25, 0.3) is 0 Å². The molecule has 0 aliphatic rings. The lowest BCUT2D eigenvalue weighted by Crippen LogP contribution is -2.00. The summed E-state index contributed by atoms with van der Waals surface area (Å²) in [6.45, 7) is 5.02. The van der Waals surface area contributed by atoms with Crippen molar-refractivity contribution in [1.82, 2.24) is 4.98 Å². The molecule has 2 N–H and O–H groups in total. The van der Waals surface area contributed by atoms with E-state index in [2.05, 4.69) is 31.0 Å². The van der Waals surface area contributed by atoms with Crippen LogP contribution in [0.2, 0.25) is 0 Å². The van der Waals surface area contributed by atoms with Gasteiger partial charge in [0.2, 0.25) is 0 Å². The summed E-state index contributed by atoms with van der Waals surface area (Å²) in [7, 11) is 0. The summed E-state index contributed by atoms with van der Waals surface area (Å²) in [5, 5.41) is 0. The first-order valence-electron chi connectivity index (χ1n) is 4.86. The normalized spacial score (nSPS) is 10.8. The minimum atomic E-state index is 0.537. The number of aryl methyl sites for hydroxylation is 1. The molecule has 2 nitrogen and oxygen atoms in total. The van der Waals surface area contributed by atoms with E-state index in [4.69, 9.17) is 5.73 Å². The average Bonchev–Trinajstić information content (AvgIpc) is 2.15. The average molecular weight is 178 g/mol. The van der Waals surface area contributed by atoms with Crippen LogP contribution in [0, 0.1) is 5.92 Å². The zero-order valence-electron chi connectivity index (χ0n) is 8.46. The zero-order chi connectivity index (χ0) is 9.68. The lowest BCUT2D eigenvalue weighted by molar-refractivity contribution is 0.586. The van der Waals surface area contributed by atoms with Gasteiger partial charge in [-0.3, -0.25) is 4.98 Å². The first-order valence-corrected chi connectivity index (χ1v) is 4.86. The molecule has 0 unspecified atom stereocenters. The molecule has 0 aromatic carbocycles. The van der Waals surface area contributed by atoms with Gasteiger partial charge in [-0.05, 0) is 36.5 Å². The molecule has 1 aromatic rings. The van der Waals surface area contributed by atoms with Crippen LogP contribution in [0.15, 0.2) is 18.3 Å². The monoisotopic (exact) mass is 178 g/mol. The van der Waals surface area contributed by atoms with Crippen molar-refractivity contribution in [1.29, 1.82) is 0 Å². The summed E-state index contributed by atoms with van der Waals surface area (Å²) >= 11 is 0. The summed E-state index contributed by atoms with van der Waals surface area (Å²) in [4.78, 5) is 4.16. The van der Waals surface area contributed by atoms with Crippen molar-refractivity contribution in [2.24, 2.45) is 11.7 Å². The molecular weight excluding hydrogens is 160 g/mol. The summed E-state index contributed by atoms with van der Waals surface area (Å²) in [6, 6.07) is 4.17. The fourth-order valence-electron chi connectivity index (χ4n) is 1.25. The Morgan fingerprint density at radius 3 is 2.85 bits per heavy atom. The van der Waals surface area contributed by atoms with Crippen LogP contribution in [0.1, 0.15) is 31.5 Å². The van der Waals surface area contributed by atoms with Crippen LogP contribution in [0.3, 0.4) is 0 Å². The quantitative estimate of drug-likeness (QED) is 0.767. The Labute approximate surface area is 80.2 Å². The van der Waals surface area contributed by atoms with Gasteiger partial charge in [0.15, 0.2) is 0 Å². The van der Waals surface area contributed by atoms with Crippen molar-refractivity contribution in [3.63, 3.8) is 0 Å². The second kappa shape index (κ2) is 4.97. The highest BCUT2D eigenvalue weighted by Crippen LogP contribution is 2.09. The Balaban J connectivity index is 2.56. The van der Waals surface area contributed by atoms with Crippen LogP contribution in [-0.4, -0.2) is 4.98 Å². The predicted molar refractivity (Wildman–Crippen MR) is 55.3 cm³/mol. The molecule has 0 spiro atoms. The predicted octanol–water partition coefficient (Wildman–Crippen LogP) is 2.13. The Morgan fingerprint density at radius 2 is 2.23 bits per heavy atom. The Kier molecular flexibility index (Phi) is 3.90. The van der Waals surface area contributed by atoms with Crippen LogP contribution in [-0.2, 0) is 13.0 Å². The van der Waals surface area contributed by atoms with Gasteiger partial charge in [0.1, 0.15) is 0 Å². The fourth-order valence-corrected chi connectivity index (χ4v) is 1.25. The zero-order valence-corrected chi connectivity index (χ0v) is 8.46. The van der Waals surface area contributed by atoms with Crippen molar-refractivity contribution in [3.8, 4) is 0 Å². The van der Waals surface area contributed by atoms with Crippen LogP contribution in [0.4, 0.5) is 0 Å². The second-order valence-electron chi connectivity index (χ2n) is 3.79. The minimum absolute atomic E-state index is 0.537. The van der Waals surface area contributed by atoms with E-state index in [0.717, 1.165) is 18.0 Å². The van der Waals surface area contributed by atoms with Gasteiger partial charge in [0.25, 0.3) is 0 Å². The fraction of sp³-hybridized carbons (Fsp3) is 0.545. The molecule has 1 rings (SSSR count). The van der Waals surface area contributed by atoms with Gasteiger partial charge < -0.3 is 5.73 Å². The van der Waals surface area contributed by atoms with E-state index in [1.165, 1.54) is 12.0 Å². The SMILES string of the molecule is CC(C)CCc1ccnc(CN)c1. The van der Waals surface area contributed by atoms with E-state index < -0.39 is 0 Å². The van der Waals surface area contributed by atoms with Crippen molar-refractivity contribution in [3.05, 3.63) is 29.6 Å². The molecule has 0 aliphatic carbocycles. The van der Waals surface area contributed by atoms with Crippen molar-refractivity contribution in [2.75, 3.05) is 0 Å². The van der Waals surface area contributed by atoms with E-state index in [1.807, 2.05) is 6.20 Å². The van der Waals surface area contributed by atoms with Gasteiger partial charge in [0.05, 0.1) is 5.69 Å². The molecule has 0 saturated heterocycles. The first kappa shape index (κ1) is 10.2. The van der Waals surface area contributed by atoms with Gasteiger partial charge in [0, 0.05) is 12.7 Å². The summed E-state index contributed by atoms with van der Waals surface area (Å²) < 4.78 is 0. The lowest BCUT2D eigenvalue weighted by atomic mass is 10.0. The highest BCUT2D eigenvalue weighted by atomic mass is 14.7. The van der Waals surface area contributed by atoms with E-state index in [-0.39, 0.29) is 0 Å². The smallest absolute Gasteiger partial charge is 0.0542 e. The number of hydrogen-bond donors (Lipinski definition) is 1. The van der Waals surface area contributed by atoms with Crippen LogP contribution >= 0.6 is 0 Å². The topological polar surface area (TPSA) is 38.9 Å². The largest absolute Gasteiger partial charge is 0.325 e. The number of nitrogens with zero attached hydrogens (tertiary/aromatic N) is 1. The maximum Gasteiger partial charge on any atom is 0.0542 e. The molecule has 72 valence electrons. The third-order valence-corrected chi connectivity index (χ3v) is 2.10. The third kappa shape index (κ3) is 3.55. The maximum atomic E-state index is 5.51. The Morgan fingerprint density at radius 1 is 1.46 bits per heavy atom. The summed E-state index contributed by atoms with van der Waals surface area (Å²) in [5.74, 6) is 0.759. The highest BCUT2D eigenvalue weighted by Gasteiger charge is 1.98. The van der Waals surface area contributed by atoms with Crippen molar-refractivity contribution in [2.45, 2.75) is 33.2 Å². The molecule has 0 bridgehead atoms. The van der Waals surface area contributed by atoms with Gasteiger partial charge in [-0.2, -0.15) is 0 Å². The molecule has 13 heavy (non-hydrogen) atoms. The Bertz CT molecular complexity index is 256. The maximum absolute atomic E-state index is 5.51. The van der Waals surface area contributed by atoms with Crippen molar-refractivity contribution < 1.29 is 0 Å². The highest BCUT2D eigenvalue weighted by molar-refractivity contribution is 5.16. The lowest BCUT2D eigenvalue weighted by Gasteiger charge is -2.05. The van der Waals surface area contributed by atoms with Gasteiger partial charge in [-0.1, -0.05) is 13.8 Å². The number of hydrogen-bond acceptors (Lipinski definition) is 2. The molecule has 0 fully saturated rings. The first-order chi connectivity index (χ1) is 6.22. The van der Waals surface area contributed by atoms with E-state index in [0.29, 0.717) is 6.54 Å². The third-order valence-electron chi connectivity index (χ3n) is 2.10. The minimum Gasteiger partial charge on any atom is -0.325 e. The van der Waals surface area contributed by atoms with Crippen LogP contribution in [0.5, 0.6) is 0 Å². The molecule has 0 radical (unpaired) electrons. The Hall–Kier alpha value is -0.890. The number of pyridine rings is 1. The standard InChI is InChI=1S/C11H18N2/c1-9(2)3-4-10-5-6-13-11(7-10)8-12/h5-7,9H,3-4,8,12H2,1-2H3. The number of rotatable bonds is 4. The van der Waals surface area contributed by atoms with Gasteiger partial charge in [-0.25, -0.2) is 0 Å². The molecule has 0 saturated carbocycles. The molecule has 1 aromatic heterocycles. The van der Waals surface area contributed by atoms with Gasteiger partial charge >= 0.3 is 0 Å². The number of aromatic nitrogens is 1. The van der Waals surface area contributed by atoms with E-state index in [9.17, 15) is 0 Å². The van der Waals surface area contributed by atoms with Crippen molar-refractivity contribution >= 4 is 0 Å². The molecule has 0 amide bonds. The van der Waals surface area contributed by atoms with Gasteiger partial charge in [-0.15, -0.1) is 0 Å². The molecule has 1 heterocycles. The van der Waals surface area contributed by atoms with E-state index >= 15 is 0 Å². The summed E-state index contributed by atoms with van der Waals surface area (Å²) in [5.41, 5.74) is 7.85. The second-order valence-corrected chi connectivity index (χ2v) is 3.79. The van der Waals surface area contributed by atoms with Crippen LogP contribution < -0.4 is 5.73 Å². The molecule has 0 aliphatic heterocycles. The van der Waals surface area contributed by atoms with E-state index in [1.54, 1.807) is 0 Å².